The summed E-state index contributed by atoms with van der Waals surface area (Å²) in [5.74, 6) is -0.233. The van der Waals surface area contributed by atoms with Gasteiger partial charge in [-0.05, 0) is 48.9 Å². The Kier molecular flexibility index (Phi) is 6.45. The Morgan fingerprint density at radius 1 is 1.14 bits per heavy atom. The molecule has 172 valence electrons. The average molecular weight is 486 g/mol. The van der Waals surface area contributed by atoms with Crippen molar-refractivity contribution < 1.29 is 14.6 Å². The Balaban J connectivity index is 1.65. The van der Waals surface area contributed by atoms with Crippen LogP contribution in [0, 0.1) is 29.6 Å². The van der Waals surface area contributed by atoms with E-state index in [4.69, 9.17) is 16.3 Å². The minimum Gasteiger partial charge on any atom is -0.491 e. The lowest BCUT2D eigenvalue weighted by atomic mass is 10.0. The first-order chi connectivity index (χ1) is 16.8. The first-order valence-electron chi connectivity index (χ1n) is 10.3. The second-order valence-electron chi connectivity index (χ2n) is 7.47. The molecule has 0 saturated heterocycles. The largest absolute Gasteiger partial charge is 0.491 e. The molecule has 2 aromatic carbocycles. The molecule has 0 radical (unpaired) electrons. The molecule has 0 aliphatic heterocycles. The third kappa shape index (κ3) is 4.67. The summed E-state index contributed by atoms with van der Waals surface area (Å²) >= 11 is 6.17. The molecule has 0 amide bonds. The van der Waals surface area contributed by atoms with Crippen molar-refractivity contribution in [2.24, 2.45) is 0 Å². The van der Waals surface area contributed by atoms with E-state index in [1.807, 2.05) is 12.1 Å². The fraction of sp³-hybridized carbons (Fsp3) is 0.120. The number of fused-ring (bicyclic) bond motifs is 1. The topological polar surface area (TPSA) is 142 Å². The predicted molar refractivity (Wildman–Crippen MR) is 127 cm³/mol. The lowest BCUT2D eigenvalue weighted by Gasteiger charge is -2.15. The summed E-state index contributed by atoms with van der Waals surface area (Å²) in [4.78, 5) is 32.7. The highest BCUT2D eigenvalue weighted by Crippen LogP contribution is 2.33. The number of halogens is 1. The molecule has 2 aromatic heterocycles. The van der Waals surface area contributed by atoms with Gasteiger partial charge in [-0.25, -0.2) is 14.8 Å². The monoisotopic (exact) mass is 485 g/mol. The fourth-order valence-electron chi connectivity index (χ4n) is 3.65. The number of benzene rings is 2. The van der Waals surface area contributed by atoms with E-state index < -0.39 is 11.5 Å². The van der Waals surface area contributed by atoms with Crippen LogP contribution in [0.5, 0.6) is 5.75 Å². The van der Waals surface area contributed by atoms with Crippen molar-refractivity contribution in [2.45, 2.75) is 13.5 Å². The number of carboxylic acid groups (broad SMARTS) is 1. The maximum atomic E-state index is 13.1. The van der Waals surface area contributed by atoms with Crippen LogP contribution in [0.1, 0.15) is 27.6 Å². The molecule has 0 spiro atoms. The molecular weight excluding hydrogens is 470 g/mol. The third-order valence-corrected chi connectivity index (χ3v) is 5.52. The number of ether oxygens (including phenoxy) is 1. The van der Waals surface area contributed by atoms with Gasteiger partial charge in [0.25, 0.3) is 5.56 Å². The van der Waals surface area contributed by atoms with Crippen LogP contribution in [0.4, 0.5) is 0 Å². The molecule has 1 N–H and O–H groups in total. The van der Waals surface area contributed by atoms with E-state index in [-0.39, 0.29) is 41.0 Å². The summed E-state index contributed by atoms with van der Waals surface area (Å²) in [5, 5.41) is 28.4. The van der Waals surface area contributed by atoms with Crippen LogP contribution in [0.15, 0.2) is 53.3 Å². The minimum atomic E-state index is -1.05. The van der Waals surface area contributed by atoms with Crippen LogP contribution in [-0.2, 0) is 6.54 Å². The number of aryl methyl sites for hydroxylation is 1. The number of rotatable bonds is 6. The molecule has 0 unspecified atom stereocenters. The SMILES string of the molecule is Cc1nc2c(C#N)nc(C#N)cc2c(=O)n1CCOc1ccc(Cl)cc1-c1cccc(C(=O)O)c1. The number of hydrogen-bond donors (Lipinski definition) is 1. The van der Waals surface area contributed by atoms with Crippen molar-refractivity contribution in [2.75, 3.05) is 6.61 Å². The van der Waals surface area contributed by atoms with E-state index in [2.05, 4.69) is 9.97 Å². The summed E-state index contributed by atoms with van der Waals surface area (Å²) in [5.41, 5.74) is 0.932. The van der Waals surface area contributed by atoms with Crippen LogP contribution < -0.4 is 10.3 Å². The van der Waals surface area contributed by atoms with E-state index >= 15 is 0 Å². The first-order valence-corrected chi connectivity index (χ1v) is 10.7. The number of aromatic nitrogens is 3. The summed E-state index contributed by atoms with van der Waals surface area (Å²) in [6.45, 7) is 1.85. The summed E-state index contributed by atoms with van der Waals surface area (Å²) in [6, 6.07) is 16.4. The van der Waals surface area contributed by atoms with Crippen molar-refractivity contribution in [3.63, 3.8) is 0 Å². The first kappa shape index (κ1) is 23.4. The summed E-state index contributed by atoms with van der Waals surface area (Å²) in [6.07, 6.45) is 0. The highest BCUT2D eigenvalue weighted by molar-refractivity contribution is 6.31. The molecule has 0 aliphatic rings. The second-order valence-corrected chi connectivity index (χ2v) is 7.90. The maximum Gasteiger partial charge on any atom is 0.335 e. The van der Waals surface area contributed by atoms with Crippen molar-refractivity contribution in [1.82, 2.24) is 14.5 Å². The van der Waals surface area contributed by atoms with E-state index in [0.717, 1.165) is 0 Å². The Hall–Kier alpha value is -4.73. The number of pyridine rings is 1. The normalized spacial score (nSPS) is 10.5. The maximum absolute atomic E-state index is 13.1. The van der Waals surface area contributed by atoms with Crippen LogP contribution in [0.3, 0.4) is 0 Å². The highest BCUT2D eigenvalue weighted by atomic mass is 35.5. The van der Waals surface area contributed by atoms with Gasteiger partial charge >= 0.3 is 5.97 Å². The molecule has 0 saturated carbocycles. The van der Waals surface area contributed by atoms with Crippen molar-refractivity contribution in [3.8, 4) is 29.0 Å². The van der Waals surface area contributed by atoms with Gasteiger partial charge in [-0.15, -0.1) is 0 Å². The fourth-order valence-corrected chi connectivity index (χ4v) is 3.82. The molecule has 0 atom stereocenters. The number of carboxylic acids is 1. The highest BCUT2D eigenvalue weighted by Gasteiger charge is 2.15. The van der Waals surface area contributed by atoms with E-state index in [1.165, 1.54) is 22.8 Å². The molecule has 0 bridgehead atoms. The van der Waals surface area contributed by atoms with E-state index in [1.54, 1.807) is 37.3 Å². The number of aromatic carboxylic acids is 1. The van der Waals surface area contributed by atoms with Crippen molar-refractivity contribution >= 4 is 28.5 Å². The molecule has 9 nitrogen and oxygen atoms in total. The van der Waals surface area contributed by atoms with Gasteiger partial charge in [0.2, 0.25) is 0 Å². The van der Waals surface area contributed by atoms with Crippen LogP contribution >= 0.6 is 11.6 Å². The molecular formula is C25H16ClN5O4. The van der Waals surface area contributed by atoms with Crippen molar-refractivity contribution in [1.29, 1.82) is 10.5 Å². The van der Waals surface area contributed by atoms with Crippen LogP contribution in [0.25, 0.3) is 22.0 Å². The number of nitrogens with zero attached hydrogens (tertiary/aromatic N) is 5. The molecule has 2 heterocycles. The smallest absolute Gasteiger partial charge is 0.335 e. The standard InChI is InChI=1S/C25H16ClN5O4/c1-14-29-23-20(11-18(12-27)30-21(23)13-28)24(32)31(14)7-8-35-22-6-5-17(26)10-19(22)15-3-2-4-16(9-15)25(33)34/h2-6,9-11H,7-8H2,1H3,(H,33,34). The zero-order valence-electron chi connectivity index (χ0n) is 18.3. The molecule has 0 aliphatic carbocycles. The Bertz CT molecular complexity index is 1630. The van der Waals surface area contributed by atoms with Gasteiger partial charge in [0.15, 0.2) is 5.69 Å². The minimum absolute atomic E-state index is 0.0472. The quantitative estimate of drug-likeness (QED) is 0.432. The van der Waals surface area contributed by atoms with Gasteiger partial charge in [0.1, 0.15) is 41.5 Å². The number of nitriles is 2. The molecule has 4 aromatic rings. The lowest BCUT2D eigenvalue weighted by Crippen LogP contribution is -2.27. The number of hydrogen-bond acceptors (Lipinski definition) is 7. The Morgan fingerprint density at radius 2 is 1.94 bits per heavy atom. The third-order valence-electron chi connectivity index (χ3n) is 5.29. The predicted octanol–water partition coefficient (Wildman–Crippen LogP) is 3.94. The van der Waals surface area contributed by atoms with Crippen LogP contribution in [-0.4, -0.2) is 32.2 Å². The molecule has 0 fully saturated rings. The average Bonchev–Trinajstić information content (AvgIpc) is 2.86. The summed E-state index contributed by atoms with van der Waals surface area (Å²) in [7, 11) is 0. The van der Waals surface area contributed by atoms with E-state index in [9.17, 15) is 25.2 Å². The van der Waals surface area contributed by atoms with Gasteiger partial charge in [-0.3, -0.25) is 9.36 Å². The Labute approximate surface area is 204 Å². The van der Waals surface area contributed by atoms with Gasteiger partial charge in [-0.1, -0.05) is 23.7 Å². The lowest BCUT2D eigenvalue weighted by molar-refractivity contribution is 0.0697. The van der Waals surface area contributed by atoms with Gasteiger partial charge in [-0.2, -0.15) is 10.5 Å². The Morgan fingerprint density at radius 3 is 2.66 bits per heavy atom. The van der Waals surface area contributed by atoms with Gasteiger partial charge in [0, 0.05) is 10.6 Å². The zero-order valence-corrected chi connectivity index (χ0v) is 19.1. The molecule has 10 heteroatoms. The molecule has 4 rings (SSSR count). The number of carbonyl (C=O) groups is 1. The van der Waals surface area contributed by atoms with Crippen molar-refractivity contribution in [3.05, 3.63) is 86.7 Å². The zero-order chi connectivity index (χ0) is 25.1. The van der Waals surface area contributed by atoms with Gasteiger partial charge in [0.05, 0.1) is 17.5 Å². The molecule has 35 heavy (non-hydrogen) atoms. The second kappa shape index (κ2) is 9.64. The van der Waals surface area contributed by atoms with E-state index in [0.29, 0.717) is 27.7 Å². The van der Waals surface area contributed by atoms with Gasteiger partial charge < -0.3 is 9.84 Å². The van der Waals surface area contributed by atoms with Crippen LogP contribution in [0.2, 0.25) is 5.02 Å². The summed E-state index contributed by atoms with van der Waals surface area (Å²) < 4.78 is 7.35.